The van der Waals surface area contributed by atoms with E-state index in [1.54, 1.807) is 13.3 Å². The van der Waals surface area contributed by atoms with Gasteiger partial charge < -0.3 is 9.64 Å². The van der Waals surface area contributed by atoms with Gasteiger partial charge in [-0.15, -0.1) is 0 Å². The molecule has 1 saturated carbocycles. The lowest BCUT2D eigenvalue weighted by molar-refractivity contribution is 0.204. The van der Waals surface area contributed by atoms with Gasteiger partial charge in [0.1, 0.15) is 5.02 Å². The van der Waals surface area contributed by atoms with E-state index >= 15 is 0 Å². The van der Waals surface area contributed by atoms with Gasteiger partial charge in [-0.2, -0.15) is 4.98 Å². The van der Waals surface area contributed by atoms with Gasteiger partial charge in [0.15, 0.2) is 5.82 Å². The zero-order valence-corrected chi connectivity index (χ0v) is 10.4. The molecule has 1 aromatic rings. The molecule has 3 N–H and O–H groups in total. The van der Waals surface area contributed by atoms with E-state index in [0.717, 1.165) is 19.4 Å². The van der Waals surface area contributed by atoms with Gasteiger partial charge in [0.05, 0.1) is 12.8 Å². The maximum Gasteiger partial charge on any atom is 0.239 e. The number of nitrogens with two attached hydrogens (primary N) is 1. The third-order valence-corrected chi connectivity index (χ3v) is 2.92. The van der Waals surface area contributed by atoms with Gasteiger partial charge in [0.2, 0.25) is 5.95 Å². The fraction of sp³-hybridized carbons (Fsp3) is 0.600. The second kappa shape index (κ2) is 5.48. The number of rotatable bonds is 6. The first kappa shape index (κ1) is 12.3. The fourth-order valence-corrected chi connectivity index (χ4v) is 1.87. The van der Waals surface area contributed by atoms with Gasteiger partial charge in [0, 0.05) is 19.7 Å². The molecule has 17 heavy (non-hydrogen) atoms. The number of halogens is 1. The van der Waals surface area contributed by atoms with Crippen LogP contribution in [0, 0.1) is 0 Å². The summed E-state index contributed by atoms with van der Waals surface area (Å²) >= 11 is 6.12. The summed E-state index contributed by atoms with van der Waals surface area (Å²) in [4.78, 5) is 10.4. The number of nitrogen functional groups attached to an aromatic ring is 1. The summed E-state index contributed by atoms with van der Waals surface area (Å²) in [7, 11) is 1.68. The molecule has 7 heteroatoms. The van der Waals surface area contributed by atoms with Crippen LogP contribution >= 0.6 is 11.6 Å². The van der Waals surface area contributed by atoms with Crippen LogP contribution in [0.25, 0.3) is 0 Å². The maximum absolute atomic E-state index is 6.12. The minimum atomic E-state index is 0.368. The normalized spacial score (nSPS) is 14.8. The molecule has 6 nitrogen and oxygen atoms in total. The van der Waals surface area contributed by atoms with E-state index in [1.165, 1.54) is 0 Å². The zero-order chi connectivity index (χ0) is 12.3. The number of nitrogens with zero attached hydrogens (tertiary/aromatic N) is 3. The third-order valence-electron chi connectivity index (χ3n) is 2.65. The van der Waals surface area contributed by atoms with Gasteiger partial charge in [-0.25, -0.2) is 10.8 Å². The first-order valence-electron chi connectivity index (χ1n) is 5.51. The lowest BCUT2D eigenvalue weighted by Gasteiger charge is -2.24. The van der Waals surface area contributed by atoms with Crippen LogP contribution in [-0.2, 0) is 4.74 Å². The molecule has 1 aliphatic rings. The van der Waals surface area contributed by atoms with E-state index in [1.807, 2.05) is 0 Å². The van der Waals surface area contributed by atoms with Crippen molar-refractivity contribution in [3.05, 3.63) is 11.2 Å². The van der Waals surface area contributed by atoms with Gasteiger partial charge in [-0.05, 0) is 12.8 Å². The Labute approximate surface area is 105 Å². The van der Waals surface area contributed by atoms with Crippen LogP contribution in [0.3, 0.4) is 0 Å². The number of aromatic nitrogens is 2. The van der Waals surface area contributed by atoms with Crippen LogP contribution in [0.2, 0.25) is 5.02 Å². The van der Waals surface area contributed by atoms with Crippen molar-refractivity contribution in [3.63, 3.8) is 0 Å². The minimum absolute atomic E-state index is 0.368. The highest BCUT2D eigenvalue weighted by molar-refractivity contribution is 6.32. The molecule has 1 aliphatic carbocycles. The third kappa shape index (κ3) is 2.96. The van der Waals surface area contributed by atoms with Crippen LogP contribution < -0.4 is 16.2 Å². The zero-order valence-electron chi connectivity index (χ0n) is 9.69. The van der Waals surface area contributed by atoms with E-state index in [4.69, 9.17) is 22.2 Å². The smallest absolute Gasteiger partial charge is 0.239 e. The Hall–Kier alpha value is -1.11. The first-order valence-corrected chi connectivity index (χ1v) is 5.88. The van der Waals surface area contributed by atoms with Gasteiger partial charge in [0.25, 0.3) is 0 Å². The van der Waals surface area contributed by atoms with Crippen LogP contribution in [0.5, 0.6) is 0 Å². The predicted molar refractivity (Wildman–Crippen MR) is 67.1 cm³/mol. The molecule has 1 fully saturated rings. The molecule has 0 atom stereocenters. The second-order valence-corrected chi connectivity index (χ2v) is 4.33. The Morgan fingerprint density at radius 2 is 2.41 bits per heavy atom. The summed E-state index contributed by atoms with van der Waals surface area (Å²) in [6.45, 7) is 1.41. The summed E-state index contributed by atoms with van der Waals surface area (Å²) < 4.78 is 5.10. The monoisotopic (exact) mass is 257 g/mol. The molecular weight excluding hydrogens is 242 g/mol. The molecule has 0 aromatic carbocycles. The van der Waals surface area contributed by atoms with E-state index < -0.39 is 0 Å². The Morgan fingerprint density at radius 1 is 1.65 bits per heavy atom. The van der Waals surface area contributed by atoms with Crippen LogP contribution in [0.15, 0.2) is 6.20 Å². The maximum atomic E-state index is 6.12. The van der Waals surface area contributed by atoms with Crippen molar-refractivity contribution in [2.75, 3.05) is 30.6 Å². The summed E-state index contributed by atoms with van der Waals surface area (Å²) in [6.07, 6.45) is 3.88. The largest absolute Gasteiger partial charge is 0.383 e. The average Bonchev–Trinajstić information content (AvgIpc) is 3.16. The predicted octanol–water partition coefficient (Wildman–Crippen LogP) is 1.03. The Balaban J connectivity index is 2.21. The highest BCUT2D eigenvalue weighted by Crippen LogP contribution is 2.34. The number of ether oxygens (including phenoxy) is 1. The number of hydrogen-bond donors (Lipinski definition) is 2. The van der Waals surface area contributed by atoms with E-state index in [9.17, 15) is 0 Å². The van der Waals surface area contributed by atoms with E-state index in [2.05, 4.69) is 20.3 Å². The van der Waals surface area contributed by atoms with Crippen LogP contribution in [0.1, 0.15) is 12.8 Å². The number of anilines is 2. The molecule has 0 aliphatic heterocycles. The topological polar surface area (TPSA) is 76.3 Å². The molecule has 0 unspecified atom stereocenters. The van der Waals surface area contributed by atoms with Gasteiger partial charge in [-0.1, -0.05) is 11.6 Å². The van der Waals surface area contributed by atoms with E-state index in [0.29, 0.717) is 29.4 Å². The average molecular weight is 258 g/mol. The molecule has 1 heterocycles. The van der Waals surface area contributed by atoms with E-state index in [-0.39, 0.29) is 0 Å². The Morgan fingerprint density at radius 3 is 3.00 bits per heavy atom. The summed E-state index contributed by atoms with van der Waals surface area (Å²) in [5, 5.41) is 0.534. The van der Waals surface area contributed by atoms with Crippen LogP contribution in [0.4, 0.5) is 11.8 Å². The van der Waals surface area contributed by atoms with Crippen molar-refractivity contribution < 1.29 is 4.74 Å². The number of methoxy groups -OCH3 is 1. The van der Waals surface area contributed by atoms with Gasteiger partial charge in [-0.3, -0.25) is 5.43 Å². The van der Waals surface area contributed by atoms with Crippen molar-refractivity contribution in [3.8, 4) is 0 Å². The van der Waals surface area contributed by atoms with Gasteiger partial charge >= 0.3 is 0 Å². The van der Waals surface area contributed by atoms with Crippen molar-refractivity contribution in [2.45, 2.75) is 18.9 Å². The first-order chi connectivity index (χ1) is 8.26. The molecular formula is C10H16ClN5O. The molecule has 0 bridgehead atoms. The lowest BCUT2D eigenvalue weighted by atomic mass is 10.4. The van der Waals surface area contributed by atoms with Crippen molar-refractivity contribution in [2.24, 2.45) is 5.84 Å². The minimum Gasteiger partial charge on any atom is -0.383 e. The van der Waals surface area contributed by atoms with Crippen molar-refractivity contribution >= 4 is 23.4 Å². The Bertz CT molecular complexity index is 385. The molecule has 0 saturated heterocycles. The summed E-state index contributed by atoms with van der Waals surface area (Å²) in [5.74, 6) is 6.38. The SMILES string of the molecule is COCCN(c1nc(NN)ncc1Cl)C1CC1. The highest BCUT2D eigenvalue weighted by Gasteiger charge is 2.31. The number of nitrogens with one attached hydrogen (secondary N) is 1. The highest BCUT2D eigenvalue weighted by atomic mass is 35.5. The molecule has 1 aromatic heterocycles. The van der Waals surface area contributed by atoms with Crippen molar-refractivity contribution in [1.82, 2.24) is 9.97 Å². The molecule has 2 rings (SSSR count). The number of hydrogen-bond acceptors (Lipinski definition) is 6. The summed E-state index contributed by atoms with van der Waals surface area (Å²) in [6, 6.07) is 0.503. The quantitative estimate of drug-likeness (QED) is 0.586. The Kier molecular flexibility index (Phi) is 3.98. The molecule has 94 valence electrons. The number of hydrazine groups is 1. The van der Waals surface area contributed by atoms with Crippen LogP contribution in [-0.4, -0.2) is 36.3 Å². The molecule has 0 amide bonds. The lowest BCUT2D eigenvalue weighted by Crippen LogP contribution is -2.31. The molecule has 0 radical (unpaired) electrons. The summed E-state index contributed by atoms with van der Waals surface area (Å²) in [5.41, 5.74) is 2.43. The second-order valence-electron chi connectivity index (χ2n) is 3.93. The standard InChI is InChI=1S/C10H16ClN5O/c1-17-5-4-16(7-2-3-7)9-8(11)6-13-10(14-9)15-12/h6-7H,2-5,12H2,1H3,(H,13,14,15). The molecule has 0 spiro atoms. The fourth-order valence-electron chi connectivity index (χ4n) is 1.67. The van der Waals surface area contributed by atoms with Crippen molar-refractivity contribution in [1.29, 1.82) is 0 Å².